The lowest BCUT2D eigenvalue weighted by Gasteiger charge is -2.35. The molecule has 2 aromatic heterocycles. The fourth-order valence-corrected chi connectivity index (χ4v) is 4.55. The average molecular weight is 374 g/mol. The van der Waals surface area contributed by atoms with Crippen LogP contribution in [0.4, 0.5) is 0 Å². The summed E-state index contributed by atoms with van der Waals surface area (Å²) in [6, 6.07) is 6.81. The van der Waals surface area contributed by atoms with E-state index in [4.69, 9.17) is 4.42 Å². The van der Waals surface area contributed by atoms with E-state index in [9.17, 15) is 14.7 Å². The number of pyridine rings is 1. The van der Waals surface area contributed by atoms with E-state index in [0.29, 0.717) is 25.1 Å². The number of nitrogens with one attached hydrogen (secondary N) is 1. The maximum absolute atomic E-state index is 12.6. The van der Waals surface area contributed by atoms with Gasteiger partial charge in [-0.1, -0.05) is 6.07 Å². The average Bonchev–Trinajstić information content (AvgIpc) is 2.64. The third kappa shape index (κ3) is 4.09. The monoisotopic (exact) mass is 374 g/mol. The minimum atomic E-state index is -0.658. The zero-order chi connectivity index (χ0) is 18.6. The Morgan fingerprint density at radius 2 is 2.15 bits per heavy atom. The van der Waals surface area contributed by atoms with Crippen molar-refractivity contribution in [1.29, 1.82) is 0 Å². The molecule has 2 N–H and O–H groups in total. The normalized spacial score (nSPS) is 16.2. The number of aryl methyl sites for hydroxylation is 1. The molecule has 26 heavy (non-hydrogen) atoms. The molecule has 0 saturated carbocycles. The van der Waals surface area contributed by atoms with Crippen LogP contribution in [0.5, 0.6) is 5.75 Å². The fraction of sp³-hybridized carbons (Fsp3) is 0.421. The third-order valence-corrected chi connectivity index (χ3v) is 5.65. The highest BCUT2D eigenvalue weighted by Gasteiger charge is 2.41. The van der Waals surface area contributed by atoms with Crippen molar-refractivity contribution in [3.05, 3.63) is 57.9 Å². The molecule has 1 aliphatic heterocycles. The first-order chi connectivity index (χ1) is 12.5. The number of nitrogens with zero attached hydrogens (tertiary/aromatic N) is 1. The summed E-state index contributed by atoms with van der Waals surface area (Å²) < 4.78 is 5.74. The molecule has 0 aromatic carbocycles. The first kappa shape index (κ1) is 18.5. The lowest BCUT2D eigenvalue weighted by atomic mass is 9.75. The van der Waals surface area contributed by atoms with Gasteiger partial charge in [0.2, 0.25) is 17.1 Å². The molecule has 0 atom stereocenters. The maximum atomic E-state index is 12.6. The number of amides is 1. The minimum Gasteiger partial charge on any atom is -0.502 e. The number of hydrogen-bond acceptors (Lipinski definition) is 6. The van der Waals surface area contributed by atoms with Crippen molar-refractivity contribution in [3.63, 3.8) is 0 Å². The van der Waals surface area contributed by atoms with Gasteiger partial charge in [-0.25, -0.2) is 0 Å². The molecule has 0 aliphatic carbocycles. The Balaban J connectivity index is 1.82. The zero-order valence-electron chi connectivity index (χ0n) is 14.7. The lowest BCUT2D eigenvalue weighted by molar-refractivity contribution is -0.122. The number of aromatic hydroxyl groups is 1. The van der Waals surface area contributed by atoms with Crippen molar-refractivity contribution in [2.45, 2.75) is 38.1 Å². The Labute approximate surface area is 156 Å². The summed E-state index contributed by atoms with van der Waals surface area (Å²) >= 11 is 1.80. The molecule has 1 amide bonds. The van der Waals surface area contributed by atoms with Crippen LogP contribution in [0, 0.1) is 6.92 Å². The quantitative estimate of drug-likeness (QED) is 0.835. The predicted molar refractivity (Wildman–Crippen MR) is 100 cm³/mol. The number of carbonyl (C=O) groups is 1. The summed E-state index contributed by atoms with van der Waals surface area (Å²) in [6.45, 7) is 2.02. The van der Waals surface area contributed by atoms with Gasteiger partial charge < -0.3 is 14.8 Å². The molecular weight excluding hydrogens is 352 g/mol. The highest BCUT2D eigenvalue weighted by atomic mass is 32.2. The van der Waals surface area contributed by atoms with E-state index in [1.54, 1.807) is 24.9 Å². The maximum Gasteiger partial charge on any atom is 0.227 e. The van der Waals surface area contributed by atoms with Crippen LogP contribution in [0.2, 0.25) is 0 Å². The fourth-order valence-electron chi connectivity index (χ4n) is 3.27. The molecule has 0 radical (unpaired) electrons. The second-order valence-corrected chi connectivity index (χ2v) is 7.79. The largest absolute Gasteiger partial charge is 0.502 e. The van der Waals surface area contributed by atoms with E-state index in [2.05, 4.69) is 10.3 Å². The van der Waals surface area contributed by atoms with Gasteiger partial charge in [0, 0.05) is 24.1 Å². The number of thioether (sulfide) groups is 1. The second-order valence-electron chi connectivity index (χ2n) is 6.57. The van der Waals surface area contributed by atoms with E-state index >= 15 is 0 Å². The highest BCUT2D eigenvalue weighted by molar-refractivity contribution is 7.99. The molecule has 3 heterocycles. The zero-order valence-corrected chi connectivity index (χ0v) is 15.5. The summed E-state index contributed by atoms with van der Waals surface area (Å²) in [5.74, 6) is 1.87. The first-order valence-corrected chi connectivity index (χ1v) is 9.74. The van der Waals surface area contributed by atoms with Crippen molar-refractivity contribution in [1.82, 2.24) is 10.3 Å². The van der Waals surface area contributed by atoms with Crippen LogP contribution in [-0.2, 0) is 16.8 Å². The summed E-state index contributed by atoms with van der Waals surface area (Å²) in [7, 11) is 0. The van der Waals surface area contributed by atoms with E-state index in [1.807, 2.05) is 18.2 Å². The van der Waals surface area contributed by atoms with Gasteiger partial charge in [-0.2, -0.15) is 11.8 Å². The van der Waals surface area contributed by atoms with Crippen molar-refractivity contribution in [2.75, 3.05) is 11.5 Å². The van der Waals surface area contributed by atoms with Crippen LogP contribution in [0.3, 0.4) is 0 Å². The van der Waals surface area contributed by atoms with E-state index in [1.165, 1.54) is 6.07 Å². The summed E-state index contributed by atoms with van der Waals surface area (Å²) in [5.41, 5.74) is -0.344. The highest BCUT2D eigenvalue weighted by Crippen LogP contribution is 2.43. The van der Waals surface area contributed by atoms with Crippen LogP contribution < -0.4 is 10.7 Å². The summed E-state index contributed by atoms with van der Waals surface area (Å²) in [6.07, 6.45) is 3.20. The molecular formula is C19H22N2O4S. The van der Waals surface area contributed by atoms with Crippen molar-refractivity contribution in [2.24, 2.45) is 0 Å². The van der Waals surface area contributed by atoms with Crippen molar-refractivity contribution >= 4 is 17.7 Å². The Bertz CT molecular complexity index is 829. The van der Waals surface area contributed by atoms with E-state index < -0.39 is 10.8 Å². The SMILES string of the molecule is Cc1cc(=O)c(O)c(C2(CC(=O)NCc3ccccn3)CCSCC2)o1. The molecule has 1 fully saturated rings. The van der Waals surface area contributed by atoms with Gasteiger partial charge >= 0.3 is 0 Å². The molecule has 2 aromatic rings. The standard InChI is InChI=1S/C19H22N2O4S/c1-13-10-15(22)17(24)18(25-13)19(5-8-26-9-6-19)11-16(23)21-12-14-4-2-3-7-20-14/h2-4,7,10,24H,5-6,8-9,11-12H2,1H3,(H,21,23). The van der Waals surface area contributed by atoms with E-state index in [0.717, 1.165) is 17.2 Å². The Kier molecular flexibility index (Phi) is 5.66. The summed E-state index contributed by atoms with van der Waals surface area (Å²) in [5, 5.41) is 13.2. The van der Waals surface area contributed by atoms with Crippen molar-refractivity contribution in [3.8, 4) is 5.75 Å². The van der Waals surface area contributed by atoms with E-state index in [-0.39, 0.29) is 23.8 Å². The van der Waals surface area contributed by atoms with Gasteiger partial charge in [0.1, 0.15) is 5.76 Å². The molecule has 1 aliphatic rings. The molecule has 138 valence electrons. The molecule has 6 nitrogen and oxygen atoms in total. The number of aromatic nitrogens is 1. The van der Waals surface area contributed by atoms with Crippen LogP contribution in [-0.4, -0.2) is 27.5 Å². The Morgan fingerprint density at radius 1 is 1.38 bits per heavy atom. The first-order valence-electron chi connectivity index (χ1n) is 8.59. The van der Waals surface area contributed by atoms with Gasteiger partial charge in [0.15, 0.2) is 5.76 Å². The van der Waals surface area contributed by atoms with Crippen molar-refractivity contribution < 1.29 is 14.3 Å². The number of hydrogen-bond donors (Lipinski definition) is 2. The molecule has 0 unspecified atom stereocenters. The van der Waals surface area contributed by atoms with Gasteiger partial charge in [-0.3, -0.25) is 14.6 Å². The molecule has 0 bridgehead atoms. The summed E-state index contributed by atoms with van der Waals surface area (Å²) in [4.78, 5) is 28.8. The molecule has 7 heteroatoms. The lowest BCUT2D eigenvalue weighted by Crippen LogP contribution is -2.38. The topological polar surface area (TPSA) is 92.4 Å². The van der Waals surface area contributed by atoms with Gasteiger partial charge in [0.25, 0.3) is 0 Å². The third-order valence-electron chi connectivity index (χ3n) is 4.67. The number of rotatable bonds is 5. The van der Waals surface area contributed by atoms with Gasteiger partial charge in [0.05, 0.1) is 12.2 Å². The molecule has 1 saturated heterocycles. The van der Waals surface area contributed by atoms with Gasteiger partial charge in [-0.05, 0) is 43.4 Å². The second kappa shape index (κ2) is 7.95. The van der Waals surface area contributed by atoms with Gasteiger partial charge in [-0.15, -0.1) is 0 Å². The smallest absolute Gasteiger partial charge is 0.227 e. The van der Waals surface area contributed by atoms with Crippen LogP contribution in [0.15, 0.2) is 39.7 Å². The Morgan fingerprint density at radius 3 is 2.85 bits per heavy atom. The van der Waals surface area contributed by atoms with Crippen LogP contribution in [0.25, 0.3) is 0 Å². The predicted octanol–water partition coefficient (Wildman–Crippen LogP) is 2.52. The molecule has 0 spiro atoms. The minimum absolute atomic E-state index is 0.147. The Hall–Kier alpha value is -2.28. The number of carbonyl (C=O) groups excluding carboxylic acids is 1. The van der Waals surface area contributed by atoms with Crippen LogP contribution >= 0.6 is 11.8 Å². The van der Waals surface area contributed by atoms with Crippen LogP contribution in [0.1, 0.15) is 36.5 Å². The molecule has 3 rings (SSSR count).